The first-order valence-electron chi connectivity index (χ1n) is 13.7. The van der Waals surface area contributed by atoms with Gasteiger partial charge in [0.25, 0.3) is 0 Å². The van der Waals surface area contributed by atoms with Crippen LogP contribution < -0.4 is 0 Å². The number of rotatable bonds is 23. The summed E-state index contributed by atoms with van der Waals surface area (Å²) in [7, 11) is 2.31. The van der Waals surface area contributed by atoms with Gasteiger partial charge >= 0.3 is 7.60 Å². The van der Waals surface area contributed by atoms with Gasteiger partial charge in [0.1, 0.15) is 0 Å². The predicted octanol–water partition coefficient (Wildman–Crippen LogP) is 8.84. The third-order valence-electron chi connectivity index (χ3n) is 6.25. The van der Waals surface area contributed by atoms with Gasteiger partial charge in [0.15, 0.2) is 5.78 Å². The van der Waals surface area contributed by atoms with Crippen LogP contribution in [0.5, 0.6) is 0 Å². The molecule has 0 aliphatic carbocycles. The molecule has 0 heterocycles. The van der Waals surface area contributed by atoms with Crippen LogP contribution in [-0.4, -0.2) is 42.9 Å². The van der Waals surface area contributed by atoms with Crippen molar-refractivity contribution in [3.63, 3.8) is 0 Å². The molecule has 0 amide bonds. The Bertz CT molecular complexity index is 488. The smallest absolute Gasteiger partial charge is 0.320 e. The Labute approximate surface area is 201 Å². The molecule has 0 spiro atoms. The summed E-state index contributed by atoms with van der Waals surface area (Å²) in [6, 6.07) is 0. The summed E-state index contributed by atoms with van der Waals surface area (Å²) in [5, 5.41) is 0. The molecule has 4 nitrogen and oxygen atoms in total. The van der Waals surface area contributed by atoms with Gasteiger partial charge in [-0.25, -0.2) is 0 Å². The summed E-state index contributed by atoms with van der Waals surface area (Å²) in [6.45, 7) is 4.68. The topological polar surface area (TPSA) is 46.5 Å². The Morgan fingerprint density at radius 2 is 1.16 bits per heavy atom. The lowest BCUT2D eigenvalue weighted by atomic mass is 10.0. The molecule has 0 radical (unpaired) electrons. The minimum Gasteiger partial charge on any atom is -0.320 e. The second-order valence-corrected chi connectivity index (χ2v) is 12.4. The van der Waals surface area contributed by atoms with Gasteiger partial charge in [-0.05, 0) is 32.1 Å². The Kier molecular flexibility index (Phi) is 20.1. The summed E-state index contributed by atoms with van der Waals surface area (Å²) in [4.78, 5) is 10.4. The van der Waals surface area contributed by atoms with Gasteiger partial charge in [-0.3, -0.25) is 4.57 Å². The van der Waals surface area contributed by atoms with Crippen molar-refractivity contribution in [3.8, 4) is 0 Å². The molecule has 0 aliphatic rings. The number of nitrogens with zero attached hydrogens (tertiary/aromatic N) is 1. The summed E-state index contributed by atoms with van der Waals surface area (Å²) >= 11 is 0. The zero-order valence-electron chi connectivity index (χ0n) is 22.3. The van der Waals surface area contributed by atoms with E-state index in [0.717, 1.165) is 25.7 Å². The number of hydrogen-bond acceptors (Lipinski definition) is 2. The first kappa shape index (κ1) is 31.9. The maximum Gasteiger partial charge on any atom is 0.385 e. The Morgan fingerprint density at radius 3 is 1.59 bits per heavy atom. The maximum atomic E-state index is 12.6. The highest BCUT2D eigenvalue weighted by molar-refractivity contribution is 7.53. The van der Waals surface area contributed by atoms with Crippen molar-refractivity contribution in [2.45, 2.75) is 135 Å². The van der Waals surface area contributed by atoms with Crippen LogP contribution in [0, 0.1) is 0 Å². The van der Waals surface area contributed by atoms with Gasteiger partial charge in [0.2, 0.25) is 0 Å². The van der Waals surface area contributed by atoms with E-state index >= 15 is 0 Å². The molecule has 0 saturated carbocycles. The monoisotopic (exact) mass is 474 g/mol. The van der Waals surface area contributed by atoms with Crippen LogP contribution in [0.25, 0.3) is 0 Å². The van der Waals surface area contributed by atoms with E-state index in [-0.39, 0.29) is 5.78 Å². The van der Waals surface area contributed by atoms with Gasteiger partial charge in [-0.15, -0.1) is 0 Å². The van der Waals surface area contributed by atoms with Crippen LogP contribution in [0.15, 0.2) is 12.2 Å². The van der Waals surface area contributed by atoms with Crippen molar-refractivity contribution in [1.82, 2.24) is 0 Å². The number of unbranched alkanes of at least 4 members (excludes halogenated alkanes) is 14. The van der Waals surface area contributed by atoms with E-state index in [1.807, 2.05) is 28.1 Å². The summed E-state index contributed by atoms with van der Waals surface area (Å²) in [5.74, 6) is -0.349. The van der Waals surface area contributed by atoms with Crippen LogP contribution in [0.1, 0.15) is 129 Å². The molecule has 32 heavy (non-hydrogen) atoms. The predicted molar refractivity (Wildman–Crippen MR) is 141 cm³/mol. The molecule has 0 fully saturated rings. The molecular formula is C27H57NO3P+. The quantitative estimate of drug-likeness (QED) is 0.0696. The van der Waals surface area contributed by atoms with Crippen LogP contribution in [-0.2, 0) is 9.09 Å². The zero-order chi connectivity index (χ0) is 24.1. The second kappa shape index (κ2) is 20.2. The molecule has 0 rings (SSSR count). The molecule has 192 valence electrons. The first-order valence-corrected chi connectivity index (χ1v) is 15.3. The molecule has 0 bridgehead atoms. The van der Waals surface area contributed by atoms with E-state index in [1.165, 1.54) is 83.5 Å². The molecule has 0 aliphatic heterocycles. The van der Waals surface area contributed by atoms with E-state index < -0.39 is 7.60 Å². The molecule has 0 saturated heterocycles. The zero-order valence-corrected chi connectivity index (χ0v) is 23.2. The van der Waals surface area contributed by atoms with E-state index in [4.69, 9.17) is 4.52 Å². The molecule has 0 aromatic carbocycles. The van der Waals surface area contributed by atoms with Crippen molar-refractivity contribution < 1.29 is 18.5 Å². The Morgan fingerprint density at radius 1 is 0.719 bits per heavy atom. The highest BCUT2D eigenvalue weighted by Crippen LogP contribution is 2.51. The van der Waals surface area contributed by atoms with Crippen LogP contribution >= 0.6 is 7.60 Å². The average Bonchev–Trinajstić information content (AvgIpc) is 2.72. The lowest BCUT2D eigenvalue weighted by Gasteiger charge is -2.35. The van der Waals surface area contributed by atoms with Gasteiger partial charge in [0, 0.05) is 6.42 Å². The highest BCUT2D eigenvalue weighted by atomic mass is 31.2. The molecule has 5 heteroatoms. The first-order chi connectivity index (χ1) is 15.3. The fourth-order valence-corrected chi connectivity index (χ4v) is 6.27. The van der Waals surface area contributed by atoms with Crippen molar-refractivity contribution in [1.29, 1.82) is 0 Å². The Hall–Kier alpha value is -0.150. The second-order valence-electron chi connectivity index (χ2n) is 10.4. The van der Waals surface area contributed by atoms with Gasteiger partial charge in [0.05, 0.1) is 27.7 Å². The molecule has 0 aromatic heterocycles. The number of hydrogen-bond donors (Lipinski definition) is 1. The third kappa shape index (κ3) is 18.3. The van der Waals surface area contributed by atoms with E-state index in [1.54, 1.807) is 0 Å². The standard InChI is InChI=1S/C27H56NO3P/c1-6-8-9-10-11-12-13-14-15-16-17-18-19-20-21-22-23-24-26-31-32(29,30)27(25-7-2)28(3,4)5/h21-22,27H,6-20,23-26H2,1-5H3/p+1/b22-21-. The average molecular weight is 475 g/mol. The van der Waals surface area contributed by atoms with Crippen LogP contribution in [0.3, 0.4) is 0 Å². The fraction of sp³-hybridized carbons (Fsp3) is 0.926. The molecule has 0 aromatic rings. The van der Waals surface area contributed by atoms with Crippen molar-refractivity contribution in [2.75, 3.05) is 27.7 Å². The largest absolute Gasteiger partial charge is 0.385 e. The van der Waals surface area contributed by atoms with Gasteiger partial charge in [-0.1, -0.05) is 103 Å². The molecule has 1 N–H and O–H groups in total. The summed E-state index contributed by atoms with van der Waals surface area (Å²) in [5.41, 5.74) is 0. The van der Waals surface area contributed by atoms with Gasteiger partial charge in [-0.2, -0.15) is 0 Å². The molecule has 2 unspecified atom stereocenters. The third-order valence-corrected chi connectivity index (χ3v) is 8.51. The summed E-state index contributed by atoms with van der Waals surface area (Å²) in [6.07, 6.45) is 27.1. The maximum absolute atomic E-state index is 12.6. The van der Waals surface area contributed by atoms with E-state index in [9.17, 15) is 9.46 Å². The molecule has 2 atom stereocenters. The molecular weight excluding hydrogens is 417 g/mol. The van der Waals surface area contributed by atoms with Crippen LogP contribution in [0.4, 0.5) is 0 Å². The minimum atomic E-state index is -3.59. The lowest BCUT2D eigenvalue weighted by molar-refractivity contribution is -0.883. The highest BCUT2D eigenvalue weighted by Gasteiger charge is 2.41. The Balaban J connectivity index is 3.57. The van der Waals surface area contributed by atoms with Crippen LogP contribution in [0.2, 0.25) is 0 Å². The lowest BCUT2D eigenvalue weighted by Crippen LogP contribution is -2.45. The SMILES string of the molecule is CCCCCCCCCCCCCCC/C=C\CCCOP(=O)(O)C(CCC)[N+](C)(C)C. The van der Waals surface area contributed by atoms with Gasteiger partial charge < -0.3 is 13.9 Å². The number of quaternary nitrogens is 1. The number of allylic oxidation sites excluding steroid dienone is 2. The normalized spacial score (nSPS) is 15.3. The minimum absolute atomic E-state index is 0.349. The summed E-state index contributed by atoms with van der Waals surface area (Å²) < 4.78 is 18.6. The van der Waals surface area contributed by atoms with Crippen molar-refractivity contribution in [2.24, 2.45) is 0 Å². The van der Waals surface area contributed by atoms with Crippen molar-refractivity contribution >= 4 is 7.60 Å². The van der Waals surface area contributed by atoms with E-state index in [2.05, 4.69) is 19.1 Å². The van der Waals surface area contributed by atoms with Crippen molar-refractivity contribution in [3.05, 3.63) is 12.2 Å². The fourth-order valence-electron chi connectivity index (χ4n) is 4.24. The van der Waals surface area contributed by atoms with E-state index in [0.29, 0.717) is 17.5 Å².